The number of aromatic amines is 1. The van der Waals surface area contributed by atoms with Crippen molar-refractivity contribution in [1.29, 1.82) is 0 Å². The molecule has 7 aliphatic rings. The third-order valence-electron chi connectivity index (χ3n) is 16.5. The maximum Gasteiger partial charge on any atom is 0.407 e. The van der Waals surface area contributed by atoms with E-state index in [1.54, 1.807) is 0 Å². The number of alkyl carbamates (subject to hydrolysis) is 2. The van der Waals surface area contributed by atoms with Crippen LogP contribution < -0.4 is 10.6 Å². The highest BCUT2D eigenvalue weighted by Crippen LogP contribution is 2.59. The van der Waals surface area contributed by atoms with E-state index in [0.29, 0.717) is 37.3 Å². The molecular weight excluding hydrogens is 845 g/mol. The molecule has 350 valence electrons. The molecule has 0 radical (unpaired) electrons. The van der Waals surface area contributed by atoms with Crippen molar-refractivity contribution in [3.63, 3.8) is 0 Å². The number of likely N-dealkylation sites (tertiary alicyclic amines) is 2. The molecule has 3 saturated carbocycles. The van der Waals surface area contributed by atoms with Crippen LogP contribution in [0, 0.1) is 28.6 Å². The first kappa shape index (κ1) is 43.5. The van der Waals surface area contributed by atoms with E-state index in [1.165, 1.54) is 54.9 Å². The van der Waals surface area contributed by atoms with Crippen molar-refractivity contribution < 1.29 is 28.7 Å². The topological polar surface area (TPSA) is 171 Å². The smallest absolute Gasteiger partial charge is 0.407 e. The van der Waals surface area contributed by atoms with Gasteiger partial charge in [-0.15, -0.1) is 0 Å². The standard InChI is InChI=1S/C53H62N8O6/c1-28(2)44(58-50(64)66-5)48(62)60-26-52(17-18-52)23-41(60)46-54-25-40(57-46)31-9-7-30(8-10-31)35-15-14-34(37-21-32-11-13-36(32)43(35)37)33-12-16-38-39(22-33)56-47(55-38)42-24-53(19-20-53)27-61(42)49(63)45(29(3)4)59-51(65)67-6/h7-10,12,14-16,22,28-29,32,36,41-42,44-45H,11,13,17-21,23-27H2,1-6H3,(H,55,56)(H,58,64)(H,59,65)/t32?,36?,41-,42-,44-,45-/m0/s1. The molecule has 2 unspecified atom stereocenters. The van der Waals surface area contributed by atoms with Crippen molar-refractivity contribution in [2.75, 3.05) is 33.9 Å². The Morgan fingerprint density at radius 1 is 0.731 bits per heavy atom. The Balaban J connectivity index is 0.838. The lowest BCUT2D eigenvalue weighted by Gasteiger charge is -2.31. The normalized spacial score (nSPS) is 24.6. The van der Waals surface area contributed by atoms with Crippen LogP contribution in [0.2, 0.25) is 0 Å². The summed E-state index contributed by atoms with van der Waals surface area (Å²) in [7, 11) is 2.64. The zero-order chi connectivity index (χ0) is 46.5. The number of methoxy groups -OCH3 is 2. The van der Waals surface area contributed by atoms with Crippen LogP contribution in [-0.2, 0) is 25.5 Å². The average molecular weight is 907 g/mol. The Hall–Kier alpha value is -6.05. The molecule has 3 aliphatic heterocycles. The molecule has 14 heteroatoms. The number of carbonyl (C=O) groups is 4. The second kappa shape index (κ2) is 16.3. The number of aliphatic imine (C=N–C) groups is 2. The zero-order valence-corrected chi connectivity index (χ0v) is 39.5. The Kier molecular flexibility index (Phi) is 10.6. The minimum atomic E-state index is -0.688. The summed E-state index contributed by atoms with van der Waals surface area (Å²) in [4.78, 5) is 75.2. The number of amidine groups is 1. The van der Waals surface area contributed by atoms with Gasteiger partial charge in [0.25, 0.3) is 0 Å². The van der Waals surface area contributed by atoms with Crippen LogP contribution >= 0.6 is 0 Å². The Labute approximate surface area is 391 Å². The number of rotatable bonds is 11. The van der Waals surface area contributed by atoms with Gasteiger partial charge in [0.2, 0.25) is 11.8 Å². The molecule has 4 aliphatic carbocycles. The number of hydrogen-bond donors (Lipinski definition) is 3. The van der Waals surface area contributed by atoms with Crippen molar-refractivity contribution in [2.45, 2.75) is 116 Å². The fraction of sp³-hybridized carbons (Fsp3) is 0.528. The molecule has 4 amide bonds. The number of imidazole rings is 1. The van der Waals surface area contributed by atoms with Crippen LogP contribution in [0.25, 0.3) is 33.3 Å². The van der Waals surface area contributed by atoms with Crippen molar-refractivity contribution in [2.24, 2.45) is 38.6 Å². The van der Waals surface area contributed by atoms with Gasteiger partial charge in [-0.3, -0.25) is 14.6 Å². The maximum absolute atomic E-state index is 14.1. The second-order valence-electron chi connectivity index (χ2n) is 21.5. The summed E-state index contributed by atoms with van der Waals surface area (Å²) in [5, 5.41) is 5.56. The monoisotopic (exact) mass is 906 g/mol. The first-order valence-corrected chi connectivity index (χ1v) is 24.4. The van der Waals surface area contributed by atoms with Crippen LogP contribution in [0.4, 0.5) is 9.59 Å². The molecule has 5 fully saturated rings. The second-order valence-corrected chi connectivity index (χ2v) is 21.5. The third-order valence-corrected chi connectivity index (χ3v) is 16.5. The average Bonchev–Trinajstić information content (AvgIpc) is 3.84. The number of aromatic nitrogens is 2. The van der Waals surface area contributed by atoms with Crippen molar-refractivity contribution in [3.05, 3.63) is 77.1 Å². The molecule has 4 aromatic rings. The summed E-state index contributed by atoms with van der Waals surface area (Å²) in [5.41, 5.74) is 11.8. The lowest BCUT2D eigenvalue weighted by molar-refractivity contribution is -0.136. The van der Waals surface area contributed by atoms with Gasteiger partial charge in [-0.2, -0.15) is 0 Å². The minimum Gasteiger partial charge on any atom is -0.453 e. The summed E-state index contributed by atoms with van der Waals surface area (Å²) in [6.07, 6.45) is 8.38. The lowest BCUT2D eigenvalue weighted by Crippen LogP contribution is -2.53. The SMILES string of the molecule is COC(=O)N[C@H](C(=O)N1CC2(CC2)C[C@H]1C1=NCC(c2ccc(-c3ccc(-c4ccc5nc([C@@H]6CC7(CC7)CN6C(=O)[C@@H](NC(=O)OC)C(C)C)[nH]c5c4)c4c3C3CCC3C4)cc2)=N1)C(C)C. The first-order chi connectivity index (χ1) is 32.3. The van der Waals surface area contributed by atoms with E-state index < -0.39 is 24.3 Å². The summed E-state index contributed by atoms with van der Waals surface area (Å²) >= 11 is 0. The van der Waals surface area contributed by atoms with Crippen LogP contribution in [0.3, 0.4) is 0 Å². The molecule has 67 heavy (non-hydrogen) atoms. The van der Waals surface area contributed by atoms with Gasteiger partial charge in [-0.25, -0.2) is 19.6 Å². The van der Waals surface area contributed by atoms with E-state index in [-0.39, 0.29) is 46.6 Å². The fourth-order valence-corrected chi connectivity index (χ4v) is 12.1. The van der Waals surface area contributed by atoms with E-state index in [9.17, 15) is 19.2 Å². The quantitative estimate of drug-likeness (QED) is 0.136. The summed E-state index contributed by atoms with van der Waals surface area (Å²) in [5.74, 6) is 2.31. The molecule has 2 spiro atoms. The van der Waals surface area contributed by atoms with Gasteiger partial charge in [-0.1, -0.05) is 70.2 Å². The third kappa shape index (κ3) is 7.68. The molecule has 4 heterocycles. The Morgan fingerprint density at radius 3 is 1.90 bits per heavy atom. The summed E-state index contributed by atoms with van der Waals surface area (Å²) in [6, 6.07) is 18.1. The Morgan fingerprint density at radius 2 is 1.31 bits per heavy atom. The zero-order valence-electron chi connectivity index (χ0n) is 39.5. The summed E-state index contributed by atoms with van der Waals surface area (Å²) < 4.78 is 9.72. The van der Waals surface area contributed by atoms with Crippen LogP contribution in [-0.4, -0.2) is 107 Å². The highest BCUT2D eigenvalue weighted by Gasteiger charge is 2.57. The number of nitrogens with zero attached hydrogens (tertiary/aromatic N) is 5. The lowest BCUT2D eigenvalue weighted by atomic mass is 9.73. The molecule has 1 aromatic heterocycles. The largest absolute Gasteiger partial charge is 0.453 e. The summed E-state index contributed by atoms with van der Waals surface area (Å²) in [6.45, 7) is 9.55. The molecule has 6 atom stereocenters. The van der Waals surface area contributed by atoms with Crippen molar-refractivity contribution in [1.82, 2.24) is 30.4 Å². The number of hydrogen-bond acceptors (Lipinski definition) is 9. The fourth-order valence-electron chi connectivity index (χ4n) is 12.1. The van der Waals surface area contributed by atoms with E-state index in [4.69, 9.17) is 24.4 Å². The number of benzene rings is 3. The molecule has 3 N–H and O–H groups in total. The molecule has 0 bridgehead atoms. The van der Waals surface area contributed by atoms with Crippen LogP contribution in [0.5, 0.6) is 0 Å². The van der Waals surface area contributed by atoms with Gasteiger partial charge in [0, 0.05) is 13.1 Å². The molecular formula is C53H62N8O6. The highest BCUT2D eigenvalue weighted by molar-refractivity contribution is 6.14. The molecule has 2 saturated heterocycles. The number of amides is 4. The Bertz CT molecular complexity index is 2750. The highest BCUT2D eigenvalue weighted by atomic mass is 16.5. The van der Waals surface area contributed by atoms with Crippen LogP contribution in [0.15, 0.2) is 64.6 Å². The van der Waals surface area contributed by atoms with E-state index >= 15 is 0 Å². The first-order valence-electron chi connectivity index (χ1n) is 24.4. The van der Waals surface area contributed by atoms with E-state index in [1.807, 2.05) is 37.5 Å². The van der Waals surface area contributed by atoms with Crippen molar-refractivity contribution in [3.8, 4) is 22.3 Å². The number of nitrogens with one attached hydrogen (secondary N) is 3. The van der Waals surface area contributed by atoms with Gasteiger partial charge < -0.3 is 34.9 Å². The number of carbonyl (C=O) groups excluding carboxylic acids is 4. The van der Waals surface area contributed by atoms with Gasteiger partial charge in [0.1, 0.15) is 23.7 Å². The maximum atomic E-state index is 14.1. The van der Waals surface area contributed by atoms with Gasteiger partial charge in [0.05, 0.1) is 49.6 Å². The predicted molar refractivity (Wildman–Crippen MR) is 256 cm³/mol. The van der Waals surface area contributed by atoms with Gasteiger partial charge in [-0.05, 0) is 143 Å². The van der Waals surface area contributed by atoms with Gasteiger partial charge in [0.15, 0.2) is 0 Å². The number of H-pyrrole nitrogens is 1. The van der Waals surface area contributed by atoms with E-state index in [0.717, 1.165) is 78.6 Å². The van der Waals surface area contributed by atoms with Gasteiger partial charge >= 0.3 is 12.2 Å². The van der Waals surface area contributed by atoms with E-state index in [2.05, 4.69) is 70.2 Å². The number of ether oxygens (including phenoxy) is 2. The number of fused-ring (bicyclic) bond motifs is 4. The molecule has 14 nitrogen and oxygen atoms in total. The van der Waals surface area contributed by atoms with Crippen LogP contribution in [0.1, 0.15) is 114 Å². The van der Waals surface area contributed by atoms with Crippen molar-refractivity contribution >= 4 is 46.6 Å². The molecule has 11 rings (SSSR count). The minimum absolute atomic E-state index is 0.0919. The molecule has 3 aromatic carbocycles. The predicted octanol–water partition coefficient (Wildman–Crippen LogP) is 8.34.